The van der Waals surface area contributed by atoms with E-state index in [0.717, 1.165) is 37.0 Å². The van der Waals surface area contributed by atoms with Crippen LogP contribution in [0.2, 0.25) is 0 Å². The van der Waals surface area contributed by atoms with E-state index in [4.69, 9.17) is 0 Å². The number of carbonyl (C=O) groups is 2. The number of hydrogen-bond donors (Lipinski definition) is 0. The number of rotatable bonds is 1. The van der Waals surface area contributed by atoms with Gasteiger partial charge in [0.2, 0.25) is 0 Å². The maximum Gasteiger partial charge on any atom is 0.155 e. The first-order valence-electron chi connectivity index (χ1n) is 9.83. The van der Waals surface area contributed by atoms with E-state index in [1.807, 2.05) is 13.0 Å². The Labute approximate surface area is 149 Å². The van der Waals surface area contributed by atoms with Crippen LogP contribution in [0.25, 0.3) is 0 Å². The van der Waals surface area contributed by atoms with Crippen molar-refractivity contribution in [1.82, 2.24) is 0 Å². The van der Waals surface area contributed by atoms with Gasteiger partial charge in [-0.05, 0) is 80.3 Å². The first-order valence-corrected chi connectivity index (χ1v) is 10.9. The summed E-state index contributed by atoms with van der Waals surface area (Å²) in [4.78, 5) is 24.2. The second-order valence-electron chi connectivity index (χ2n) is 9.42. The minimum atomic E-state index is 0.249. The second kappa shape index (κ2) is 4.99. The molecular formula is C21H28O2S. The number of hydrogen-bond acceptors (Lipinski definition) is 3. The maximum atomic E-state index is 12.2. The van der Waals surface area contributed by atoms with Crippen molar-refractivity contribution in [2.75, 3.05) is 5.75 Å². The fourth-order valence-corrected chi connectivity index (χ4v) is 9.57. The van der Waals surface area contributed by atoms with Gasteiger partial charge in [0.1, 0.15) is 5.78 Å². The Morgan fingerprint density at radius 1 is 1.21 bits per heavy atom. The Balaban J connectivity index is 1.54. The lowest BCUT2D eigenvalue weighted by molar-refractivity contribution is -0.128. The van der Waals surface area contributed by atoms with Gasteiger partial charge in [0.25, 0.3) is 0 Å². The topological polar surface area (TPSA) is 34.1 Å². The third kappa shape index (κ3) is 1.80. The van der Waals surface area contributed by atoms with Crippen molar-refractivity contribution in [2.45, 2.75) is 64.0 Å². The summed E-state index contributed by atoms with van der Waals surface area (Å²) in [5.41, 5.74) is 2.11. The van der Waals surface area contributed by atoms with Gasteiger partial charge in [-0.2, -0.15) is 11.8 Å². The molecule has 0 N–H and O–H groups in total. The molecule has 0 aromatic heterocycles. The summed E-state index contributed by atoms with van der Waals surface area (Å²) in [5, 5.41) is 0.592. The SMILES string of the molecule is CC(=O)[C@H]1CCC2C3C[C@@H]4SC[C@@]5(CCC(=O)C=C45)C3CC[C@@]21C. The summed E-state index contributed by atoms with van der Waals surface area (Å²) in [7, 11) is 0. The Kier molecular flexibility index (Phi) is 3.26. The van der Waals surface area contributed by atoms with Crippen molar-refractivity contribution in [3.63, 3.8) is 0 Å². The van der Waals surface area contributed by atoms with E-state index in [0.29, 0.717) is 28.1 Å². The Morgan fingerprint density at radius 3 is 2.83 bits per heavy atom. The lowest BCUT2D eigenvalue weighted by atomic mass is 9.46. The molecule has 3 unspecified atom stereocenters. The monoisotopic (exact) mass is 344 g/mol. The molecule has 5 rings (SSSR count). The van der Waals surface area contributed by atoms with Crippen LogP contribution in [-0.2, 0) is 9.59 Å². The van der Waals surface area contributed by atoms with Crippen molar-refractivity contribution >= 4 is 23.3 Å². The number of carbonyl (C=O) groups excluding carboxylic acids is 2. The van der Waals surface area contributed by atoms with E-state index in [1.165, 1.54) is 37.0 Å². The molecule has 3 saturated carbocycles. The molecule has 1 heterocycles. The van der Waals surface area contributed by atoms with Crippen molar-refractivity contribution in [3.8, 4) is 0 Å². The van der Waals surface area contributed by atoms with Crippen LogP contribution in [0.15, 0.2) is 11.6 Å². The van der Waals surface area contributed by atoms with Crippen molar-refractivity contribution in [1.29, 1.82) is 0 Å². The van der Waals surface area contributed by atoms with E-state index in [-0.39, 0.29) is 5.41 Å². The first-order chi connectivity index (χ1) is 11.5. The smallest absolute Gasteiger partial charge is 0.155 e. The maximum absolute atomic E-state index is 12.2. The summed E-state index contributed by atoms with van der Waals surface area (Å²) in [6.07, 6.45) is 10.0. The van der Waals surface area contributed by atoms with E-state index >= 15 is 0 Å². The Bertz CT molecular complexity index is 652. The van der Waals surface area contributed by atoms with Gasteiger partial charge in [-0.15, -0.1) is 0 Å². The zero-order valence-electron chi connectivity index (χ0n) is 14.8. The number of thioether (sulfide) groups is 1. The lowest BCUT2D eigenvalue weighted by Crippen LogP contribution is -2.52. The Morgan fingerprint density at radius 2 is 2.04 bits per heavy atom. The minimum absolute atomic E-state index is 0.249. The van der Waals surface area contributed by atoms with Crippen LogP contribution in [0.5, 0.6) is 0 Å². The van der Waals surface area contributed by atoms with Crippen LogP contribution in [0.3, 0.4) is 0 Å². The molecule has 0 amide bonds. The van der Waals surface area contributed by atoms with Crippen LogP contribution >= 0.6 is 11.8 Å². The fraction of sp³-hybridized carbons (Fsp3) is 0.810. The van der Waals surface area contributed by atoms with Crippen molar-refractivity contribution in [2.24, 2.45) is 34.5 Å². The van der Waals surface area contributed by atoms with Crippen molar-refractivity contribution < 1.29 is 9.59 Å². The molecule has 0 spiro atoms. The quantitative estimate of drug-likeness (QED) is 0.706. The molecule has 4 aliphatic carbocycles. The standard InChI is InChI=1S/C21H28O2S/c1-12(22)15-3-4-16-14-10-19-18-9-13(23)5-8-21(18,11-24-19)17(14)6-7-20(15,16)2/h9,14-17,19H,3-8,10-11H2,1-2H3/t14?,15-,16?,17?,19+,20-,21+/m1/s1. The predicted molar refractivity (Wildman–Crippen MR) is 96.8 cm³/mol. The van der Waals surface area contributed by atoms with E-state index in [2.05, 4.69) is 18.7 Å². The van der Waals surface area contributed by atoms with E-state index < -0.39 is 0 Å². The zero-order chi connectivity index (χ0) is 16.7. The molecule has 7 atom stereocenters. The third-order valence-electron chi connectivity index (χ3n) is 8.72. The normalized spacial score (nSPS) is 52.3. The molecule has 3 heteroatoms. The summed E-state index contributed by atoms with van der Waals surface area (Å²) in [6.45, 7) is 4.24. The largest absolute Gasteiger partial charge is 0.300 e. The highest BCUT2D eigenvalue weighted by Crippen LogP contribution is 2.70. The van der Waals surface area contributed by atoms with Gasteiger partial charge < -0.3 is 0 Å². The molecule has 130 valence electrons. The number of fused-ring (bicyclic) bond motifs is 3. The zero-order valence-corrected chi connectivity index (χ0v) is 15.7. The van der Waals surface area contributed by atoms with Gasteiger partial charge in [0, 0.05) is 28.8 Å². The second-order valence-corrected chi connectivity index (χ2v) is 10.6. The summed E-state index contributed by atoms with van der Waals surface area (Å²) >= 11 is 2.13. The van der Waals surface area contributed by atoms with E-state index in [1.54, 1.807) is 0 Å². The van der Waals surface area contributed by atoms with Gasteiger partial charge in [-0.3, -0.25) is 9.59 Å². The van der Waals surface area contributed by atoms with Crippen LogP contribution in [0.1, 0.15) is 58.8 Å². The minimum Gasteiger partial charge on any atom is -0.300 e. The highest BCUT2D eigenvalue weighted by molar-refractivity contribution is 8.00. The van der Waals surface area contributed by atoms with Gasteiger partial charge in [0.05, 0.1) is 0 Å². The van der Waals surface area contributed by atoms with Gasteiger partial charge in [-0.1, -0.05) is 6.92 Å². The average molecular weight is 345 g/mol. The van der Waals surface area contributed by atoms with E-state index in [9.17, 15) is 9.59 Å². The first kappa shape index (κ1) is 15.7. The molecule has 1 saturated heterocycles. The summed E-state index contributed by atoms with van der Waals surface area (Å²) in [6, 6.07) is 0. The van der Waals surface area contributed by atoms with Crippen LogP contribution in [0, 0.1) is 34.5 Å². The van der Waals surface area contributed by atoms with Crippen LogP contribution in [0.4, 0.5) is 0 Å². The third-order valence-corrected chi connectivity index (χ3v) is 10.3. The van der Waals surface area contributed by atoms with Gasteiger partial charge in [-0.25, -0.2) is 0 Å². The molecule has 4 fully saturated rings. The number of ketones is 2. The average Bonchev–Trinajstić information content (AvgIpc) is 3.02. The molecule has 2 bridgehead atoms. The van der Waals surface area contributed by atoms with Crippen molar-refractivity contribution in [3.05, 3.63) is 11.6 Å². The molecule has 5 aliphatic rings. The molecule has 0 radical (unpaired) electrons. The Hall–Kier alpha value is -0.570. The summed E-state index contributed by atoms with van der Waals surface area (Å²) in [5.74, 6) is 4.64. The molecule has 0 aromatic rings. The molecule has 2 nitrogen and oxygen atoms in total. The molecule has 1 aliphatic heterocycles. The number of Topliss-reactive ketones (excluding diaryl/α,β-unsaturated/α-hetero) is 1. The van der Waals surface area contributed by atoms with Gasteiger partial charge in [0.15, 0.2) is 5.78 Å². The van der Waals surface area contributed by atoms with Gasteiger partial charge >= 0.3 is 0 Å². The van der Waals surface area contributed by atoms with Crippen LogP contribution in [-0.4, -0.2) is 22.6 Å². The summed E-state index contributed by atoms with van der Waals surface area (Å²) < 4.78 is 0. The highest BCUT2D eigenvalue weighted by Gasteiger charge is 2.64. The molecule has 0 aromatic carbocycles. The van der Waals surface area contributed by atoms with Crippen LogP contribution < -0.4 is 0 Å². The predicted octanol–water partition coefficient (Wildman–Crippen LogP) is 4.43. The highest BCUT2D eigenvalue weighted by atomic mass is 32.2. The fourth-order valence-electron chi connectivity index (χ4n) is 7.71. The molecule has 24 heavy (non-hydrogen) atoms. The molecular weight excluding hydrogens is 316 g/mol. The lowest BCUT2D eigenvalue weighted by Gasteiger charge is -2.57.